The molecule has 0 aromatic heterocycles. The van der Waals surface area contributed by atoms with Gasteiger partial charge in [-0.3, -0.25) is 4.79 Å². The summed E-state index contributed by atoms with van der Waals surface area (Å²) >= 11 is 0. The fraction of sp³-hybridized carbons (Fsp3) is 0.696. The van der Waals surface area contributed by atoms with Gasteiger partial charge in [0.1, 0.15) is 5.75 Å². The molecule has 2 fully saturated rings. The van der Waals surface area contributed by atoms with Crippen LogP contribution in [0.25, 0.3) is 0 Å². The maximum absolute atomic E-state index is 12.8. The van der Waals surface area contributed by atoms with Crippen molar-refractivity contribution in [3.8, 4) is 5.75 Å². The molecule has 1 amide bonds. The molecule has 1 saturated carbocycles. The summed E-state index contributed by atoms with van der Waals surface area (Å²) in [6.07, 6.45) is 11.0. The van der Waals surface area contributed by atoms with Crippen molar-refractivity contribution in [2.45, 2.75) is 69.7 Å². The van der Waals surface area contributed by atoms with Gasteiger partial charge in [-0.1, -0.05) is 19.3 Å². The fourth-order valence-corrected chi connectivity index (χ4v) is 4.92. The van der Waals surface area contributed by atoms with Crippen LogP contribution in [0.4, 0.5) is 5.69 Å². The molecule has 2 atom stereocenters. The third-order valence-corrected chi connectivity index (χ3v) is 6.59. The van der Waals surface area contributed by atoms with E-state index in [1.165, 1.54) is 45.1 Å². The zero-order valence-electron chi connectivity index (χ0n) is 17.0. The van der Waals surface area contributed by atoms with E-state index in [1.807, 2.05) is 6.07 Å². The summed E-state index contributed by atoms with van der Waals surface area (Å²) in [5.74, 6) is 1.75. The number of hydrogen-bond acceptors (Lipinski definition) is 4. The van der Waals surface area contributed by atoms with Crippen LogP contribution in [0.15, 0.2) is 18.2 Å². The molecule has 2 unspecified atom stereocenters. The molecule has 1 saturated heterocycles. The lowest BCUT2D eigenvalue weighted by Crippen LogP contribution is -2.39. The molecule has 3 N–H and O–H groups in total. The van der Waals surface area contributed by atoms with Gasteiger partial charge in [-0.25, -0.2) is 0 Å². The minimum atomic E-state index is -0.103. The number of benzene rings is 1. The quantitative estimate of drug-likeness (QED) is 0.625. The Kier molecular flexibility index (Phi) is 6.73. The van der Waals surface area contributed by atoms with E-state index in [4.69, 9.17) is 4.74 Å². The molecule has 1 aliphatic carbocycles. The predicted molar refractivity (Wildman–Crippen MR) is 113 cm³/mol. The Hall–Kier alpha value is -1.75. The van der Waals surface area contributed by atoms with Gasteiger partial charge in [0.15, 0.2) is 0 Å². The first-order valence-corrected chi connectivity index (χ1v) is 11.3. The largest absolute Gasteiger partial charge is 0.494 e. The van der Waals surface area contributed by atoms with Gasteiger partial charge in [0.05, 0.1) is 12.5 Å². The number of rotatable bonds is 7. The van der Waals surface area contributed by atoms with Crippen LogP contribution in [0.5, 0.6) is 5.75 Å². The van der Waals surface area contributed by atoms with Crippen LogP contribution in [-0.2, 0) is 4.79 Å². The molecule has 3 aliphatic rings. The molecule has 1 aromatic carbocycles. The first-order valence-electron chi connectivity index (χ1n) is 11.3. The highest BCUT2D eigenvalue weighted by Gasteiger charge is 2.30. The van der Waals surface area contributed by atoms with Crippen LogP contribution in [0.3, 0.4) is 0 Å². The second kappa shape index (κ2) is 9.64. The third kappa shape index (κ3) is 4.99. The molecular formula is C23H35N3O2. The van der Waals surface area contributed by atoms with Crippen LogP contribution in [0, 0.1) is 5.92 Å². The standard InChI is InChI=1S/C23H35N3O2/c27-23(26-18-8-2-1-3-9-18)21-16-25-22-11-10-19(14-20(21)22)28-13-5-7-17-6-4-12-24-15-17/h10-11,14,17-18,21,24-25H,1-9,12-13,15-16H2,(H,26,27). The summed E-state index contributed by atoms with van der Waals surface area (Å²) in [5, 5.41) is 10.1. The average molecular weight is 386 g/mol. The smallest absolute Gasteiger partial charge is 0.229 e. The number of piperidine rings is 1. The van der Waals surface area contributed by atoms with E-state index in [2.05, 4.69) is 28.1 Å². The van der Waals surface area contributed by atoms with Crippen molar-refractivity contribution in [1.82, 2.24) is 10.6 Å². The van der Waals surface area contributed by atoms with Crippen molar-refractivity contribution in [2.24, 2.45) is 5.92 Å². The second-order valence-electron chi connectivity index (χ2n) is 8.73. The number of ether oxygens (including phenoxy) is 1. The van der Waals surface area contributed by atoms with Gasteiger partial charge < -0.3 is 20.7 Å². The lowest BCUT2D eigenvalue weighted by Gasteiger charge is -2.24. The maximum atomic E-state index is 12.8. The van der Waals surface area contributed by atoms with Gasteiger partial charge in [0.2, 0.25) is 5.91 Å². The second-order valence-corrected chi connectivity index (χ2v) is 8.73. The van der Waals surface area contributed by atoms with E-state index in [-0.39, 0.29) is 11.8 Å². The number of anilines is 1. The first kappa shape index (κ1) is 19.6. The van der Waals surface area contributed by atoms with E-state index in [1.54, 1.807) is 0 Å². The highest BCUT2D eigenvalue weighted by Crippen LogP contribution is 2.35. The first-order chi connectivity index (χ1) is 13.8. The fourth-order valence-electron chi connectivity index (χ4n) is 4.92. The Morgan fingerprint density at radius 2 is 2.00 bits per heavy atom. The van der Waals surface area contributed by atoms with E-state index < -0.39 is 0 Å². The summed E-state index contributed by atoms with van der Waals surface area (Å²) < 4.78 is 6.02. The topological polar surface area (TPSA) is 62.4 Å². The number of amides is 1. The third-order valence-electron chi connectivity index (χ3n) is 6.59. The minimum absolute atomic E-state index is 0.103. The number of carbonyl (C=O) groups excluding carboxylic acids is 1. The van der Waals surface area contributed by atoms with Crippen LogP contribution < -0.4 is 20.7 Å². The van der Waals surface area contributed by atoms with Crippen molar-refractivity contribution in [3.05, 3.63) is 23.8 Å². The zero-order valence-corrected chi connectivity index (χ0v) is 17.0. The average Bonchev–Trinajstić information content (AvgIpc) is 3.16. The van der Waals surface area contributed by atoms with Crippen molar-refractivity contribution in [1.29, 1.82) is 0 Å². The van der Waals surface area contributed by atoms with E-state index >= 15 is 0 Å². The van der Waals surface area contributed by atoms with Crippen molar-refractivity contribution < 1.29 is 9.53 Å². The van der Waals surface area contributed by atoms with Gasteiger partial charge in [-0.15, -0.1) is 0 Å². The number of nitrogens with one attached hydrogen (secondary N) is 3. The molecular weight excluding hydrogens is 350 g/mol. The zero-order chi connectivity index (χ0) is 19.2. The van der Waals surface area contributed by atoms with E-state index in [0.717, 1.165) is 55.3 Å². The monoisotopic (exact) mass is 385 g/mol. The molecule has 2 heterocycles. The van der Waals surface area contributed by atoms with E-state index in [0.29, 0.717) is 12.6 Å². The number of carbonyl (C=O) groups is 1. The molecule has 0 spiro atoms. The Morgan fingerprint density at radius 3 is 2.82 bits per heavy atom. The molecule has 2 aliphatic heterocycles. The predicted octanol–water partition coefficient (Wildman–Crippen LogP) is 3.80. The molecule has 0 radical (unpaired) electrons. The summed E-state index contributed by atoms with van der Waals surface area (Å²) in [6.45, 7) is 3.77. The van der Waals surface area contributed by atoms with Gasteiger partial charge in [-0.2, -0.15) is 0 Å². The molecule has 4 rings (SSSR count). The number of fused-ring (bicyclic) bond motifs is 1. The van der Waals surface area contributed by atoms with Gasteiger partial charge in [0, 0.05) is 18.3 Å². The van der Waals surface area contributed by atoms with Crippen LogP contribution in [-0.4, -0.2) is 38.2 Å². The molecule has 1 aromatic rings. The van der Waals surface area contributed by atoms with Crippen LogP contribution >= 0.6 is 0 Å². The summed E-state index contributed by atoms with van der Waals surface area (Å²) in [5.41, 5.74) is 2.16. The van der Waals surface area contributed by atoms with E-state index in [9.17, 15) is 4.79 Å². The van der Waals surface area contributed by atoms with Crippen molar-refractivity contribution >= 4 is 11.6 Å². The van der Waals surface area contributed by atoms with Gasteiger partial charge in [0.25, 0.3) is 0 Å². The Morgan fingerprint density at radius 1 is 1.11 bits per heavy atom. The molecule has 154 valence electrons. The SMILES string of the molecule is O=C(NC1CCCCC1)C1CNc2ccc(OCCCC3CCCNC3)cc21. The van der Waals surface area contributed by atoms with Crippen molar-refractivity contribution in [2.75, 3.05) is 31.6 Å². The number of hydrogen-bond donors (Lipinski definition) is 3. The lowest BCUT2D eigenvalue weighted by atomic mass is 9.94. The maximum Gasteiger partial charge on any atom is 0.229 e. The highest BCUT2D eigenvalue weighted by molar-refractivity contribution is 5.88. The van der Waals surface area contributed by atoms with Crippen LogP contribution in [0.2, 0.25) is 0 Å². The molecule has 28 heavy (non-hydrogen) atoms. The molecule has 5 heteroatoms. The minimum Gasteiger partial charge on any atom is -0.494 e. The summed E-state index contributed by atoms with van der Waals surface area (Å²) in [7, 11) is 0. The molecule has 0 bridgehead atoms. The Bertz CT molecular complexity index is 651. The highest BCUT2D eigenvalue weighted by atomic mass is 16.5. The van der Waals surface area contributed by atoms with Crippen LogP contribution in [0.1, 0.15) is 69.3 Å². The normalized spacial score (nSPS) is 25.0. The Balaban J connectivity index is 1.28. The van der Waals surface area contributed by atoms with Gasteiger partial charge in [-0.05, 0) is 81.3 Å². The van der Waals surface area contributed by atoms with Crippen molar-refractivity contribution in [3.63, 3.8) is 0 Å². The van der Waals surface area contributed by atoms with Gasteiger partial charge >= 0.3 is 0 Å². The summed E-state index contributed by atoms with van der Waals surface area (Å²) in [6, 6.07) is 6.51. The Labute approximate surface area is 169 Å². The summed E-state index contributed by atoms with van der Waals surface area (Å²) in [4.78, 5) is 12.8. The molecule has 5 nitrogen and oxygen atoms in total. The lowest BCUT2D eigenvalue weighted by molar-refractivity contribution is -0.123.